The van der Waals surface area contributed by atoms with Crippen molar-refractivity contribution in [2.45, 2.75) is 18.8 Å². The van der Waals surface area contributed by atoms with Crippen molar-refractivity contribution in [3.63, 3.8) is 0 Å². The summed E-state index contributed by atoms with van der Waals surface area (Å²) in [5, 5.41) is 4.36. The predicted molar refractivity (Wildman–Crippen MR) is 85.3 cm³/mol. The molecule has 2 atom stereocenters. The highest BCUT2D eigenvalue weighted by atomic mass is 35.5. The van der Waals surface area contributed by atoms with Gasteiger partial charge in [0, 0.05) is 5.02 Å². The average molecular weight is 286 g/mol. The molecule has 20 heavy (non-hydrogen) atoms. The van der Waals surface area contributed by atoms with Crippen LogP contribution < -0.4 is 5.32 Å². The van der Waals surface area contributed by atoms with Crippen molar-refractivity contribution in [1.29, 1.82) is 0 Å². The topological polar surface area (TPSA) is 12.0 Å². The molecule has 0 aromatic heterocycles. The number of rotatable bonds is 3. The van der Waals surface area contributed by atoms with Crippen molar-refractivity contribution in [2.75, 3.05) is 13.1 Å². The van der Waals surface area contributed by atoms with Gasteiger partial charge in [-0.3, -0.25) is 0 Å². The van der Waals surface area contributed by atoms with Gasteiger partial charge in [0.1, 0.15) is 0 Å². The van der Waals surface area contributed by atoms with Gasteiger partial charge in [-0.2, -0.15) is 0 Å². The Hall–Kier alpha value is -1.31. The van der Waals surface area contributed by atoms with Crippen LogP contribution in [0, 0.1) is 5.92 Å². The van der Waals surface area contributed by atoms with Crippen LogP contribution in [0.15, 0.2) is 54.6 Å². The van der Waals surface area contributed by atoms with Crippen LogP contribution in [0.3, 0.4) is 0 Å². The fourth-order valence-electron chi connectivity index (χ4n) is 3.20. The van der Waals surface area contributed by atoms with Crippen LogP contribution in [0.1, 0.15) is 23.5 Å². The largest absolute Gasteiger partial charge is 0.316 e. The molecule has 2 aromatic carbocycles. The van der Waals surface area contributed by atoms with Gasteiger partial charge in [-0.25, -0.2) is 0 Å². The Morgan fingerprint density at radius 1 is 1.00 bits per heavy atom. The van der Waals surface area contributed by atoms with Gasteiger partial charge < -0.3 is 5.32 Å². The minimum absolute atomic E-state index is 0.633. The Morgan fingerprint density at radius 3 is 2.50 bits per heavy atom. The van der Waals surface area contributed by atoms with Gasteiger partial charge in [0.15, 0.2) is 0 Å². The smallest absolute Gasteiger partial charge is 0.0406 e. The Morgan fingerprint density at radius 2 is 1.75 bits per heavy atom. The SMILES string of the molecule is Clc1ccc(C2CCNCC2Cc2ccccc2)cc1. The highest BCUT2D eigenvalue weighted by Gasteiger charge is 2.26. The van der Waals surface area contributed by atoms with Crippen LogP contribution in [0.5, 0.6) is 0 Å². The zero-order valence-corrected chi connectivity index (χ0v) is 12.3. The minimum atomic E-state index is 0.633. The molecule has 0 amide bonds. The van der Waals surface area contributed by atoms with Gasteiger partial charge in [-0.15, -0.1) is 0 Å². The summed E-state index contributed by atoms with van der Waals surface area (Å²) in [6.45, 7) is 2.21. The summed E-state index contributed by atoms with van der Waals surface area (Å²) in [5.41, 5.74) is 2.86. The molecule has 0 aliphatic carbocycles. The van der Waals surface area contributed by atoms with E-state index in [1.54, 1.807) is 0 Å². The van der Waals surface area contributed by atoms with Gasteiger partial charge in [0.25, 0.3) is 0 Å². The summed E-state index contributed by atoms with van der Waals surface area (Å²) < 4.78 is 0. The van der Waals surface area contributed by atoms with Crippen molar-refractivity contribution in [2.24, 2.45) is 5.92 Å². The summed E-state index contributed by atoms with van der Waals surface area (Å²) in [6, 6.07) is 19.2. The average Bonchev–Trinajstić information content (AvgIpc) is 2.50. The molecule has 0 radical (unpaired) electrons. The predicted octanol–water partition coefficient (Wildman–Crippen LogP) is 4.28. The fraction of sp³-hybridized carbons (Fsp3) is 0.333. The molecule has 2 unspecified atom stereocenters. The molecule has 0 saturated carbocycles. The first kappa shape index (κ1) is 13.7. The summed E-state index contributed by atoms with van der Waals surface area (Å²) in [6.07, 6.45) is 2.35. The number of hydrogen-bond donors (Lipinski definition) is 1. The van der Waals surface area contributed by atoms with E-state index in [2.05, 4.69) is 47.8 Å². The quantitative estimate of drug-likeness (QED) is 0.888. The summed E-state index contributed by atoms with van der Waals surface area (Å²) in [5.74, 6) is 1.29. The lowest BCUT2D eigenvalue weighted by Crippen LogP contribution is -2.36. The van der Waals surface area contributed by atoms with E-state index in [9.17, 15) is 0 Å². The van der Waals surface area contributed by atoms with E-state index in [0.29, 0.717) is 11.8 Å². The Bertz CT molecular complexity index is 535. The molecule has 2 heteroatoms. The fourth-order valence-corrected chi connectivity index (χ4v) is 3.33. The maximum atomic E-state index is 6.00. The molecule has 0 bridgehead atoms. The molecular weight excluding hydrogens is 266 g/mol. The normalized spacial score (nSPS) is 22.6. The zero-order chi connectivity index (χ0) is 13.8. The second-order valence-electron chi connectivity index (χ2n) is 5.60. The number of hydrogen-bond acceptors (Lipinski definition) is 1. The zero-order valence-electron chi connectivity index (χ0n) is 11.6. The molecule has 1 N–H and O–H groups in total. The third-order valence-corrected chi connectivity index (χ3v) is 4.50. The molecule has 2 aromatic rings. The van der Waals surface area contributed by atoms with Gasteiger partial charge >= 0.3 is 0 Å². The molecule has 1 aliphatic rings. The summed E-state index contributed by atoms with van der Waals surface area (Å²) in [7, 11) is 0. The second-order valence-corrected chi connectivity index (χ2v) is 6.04. The molecule has 1 heterocycles. The molecule has 1 fully saturated rings. The number of nitrogens with one attached hydrogen (secondary N) is 1. The van der Waals surface area contributed by atoms with E-state index >= 15 is 0 Å². The van der Waals surface area contributed by atoms with Gasteiger partial charge in [-0.05, 0) is 61.0 Å². The Balaban J connectivity index is 1.78. The highest BCUT2D eigenvalue weighted by Crippen LogP contribution is 2.33. The van der Waals surface area contributed by atoms with Gasteiger partial charge in [0.2, 0.25) is 0 Å². The van der Waals surface area contributed by atoms with E-state index in [0.717, 1.165) is 24.5 Å². The van der Waals surface area contributed by atoms with Crippen molar-refractivity contribution >= 4 is 11.6 Å². The van der Waals surface area contributed by atoms with Crippen molar-refractivity contribution < 1.29 is 0 Å². The van der Waals surface area contributed by atoms with Crippen molar-refractivity contribution in [3.05, 3.63) is 70.7 Å². The first-order valence-corrected chi connectivity index (χ1v) is 7.71. The second kappa shape index (κ2) is 6.43. The highest BCUT2D eigenvalue weighted by molar-refractivity contribution is 6.30. The minimum Gasteiger partial charge on any atom is -0.316 e. The van der Waals surface area contributed by atoms with Gasteiger partial charge in [0.05, 0.1) is 0 Å². The van der Waals surface area contributed by atoms with E-state index in [1.807, 2.05) is 12.1 Å². The Kier molecular flexibility index (Phi) is 4.39. The summed E-state index contributed by atoms with van der Waals surface area (Å²) >= 11 is 6.00. The number of benzene rings is 2. The summed E-state index contributed by atoms with van der Waals surface area (Å²) in [4.78, 5) is 0. The van der Waals surface area contributed by atoms with Crippen molar-refractivity contribution in [3.8, 4) is 0 Å². The van der Waals surface area contributed by atoms with E-state index in [1.165, 1.54) is 17.5 Å². The maximum absolute atomic E-state index is 6.00. The first-order valence-electron chi connectivity index (χ1n) is 7.33. The third kappa shape index (κ3) is 3.23. The van der Waals surface area contributed by atoms with Crippen LogP contribution in [0.2, 0.25) is 5.02 Å². The third-order valence-electron chi connectivity index (χ3n) is 4.25. The lowest BCUT2D eigenvalue weighted by atomic mass is 9.78. The van der Waals surface area contributed by atoms with Crippen LogP contribution >= 0.6 is 11.6 Å². The van der Waals surface area contributed by atoms with E-state index in [-0.39, 0.29) is 0 Å². The molecule has 1 nitrogen and oxygen atoms in total. The number of piperidine rings is 1. The van der Waals surface area contributed by atoms with Crippen LogP contribution in [-0.2, 0) is 6.42 Å². The number of halogens is 1. The van der Waals surface area contributed by atoms with E-state index < -0.39 is 0 Å². The molecule has 1 saturated heterocycles. The van der Waals surface area contributed by atoms with Crippen molar-refractivity contribution in [1.82, 2.24) is 5.32 Å². The molecule has 0 spiro atoms. The maximum Gasteiger partial charge on any atom is 0.0406 e. The van der Waals surface area contributed by atoms with Crippen LogP contribution in [-0.4, -0.2) is 13.1 Å². The lowest BCUT2D eigenvalue weighted by Gasteiger charge is -2.33. The molecule has 3 rings (SSSR count). The molecule has 104 valence electrons. The molecular formula is C18H20ClN. The first-order chi connectivity index (χ1) is 9.83. The van der Waals surface area contributed by atoms with Crippen LogP contribution in [0.4, 0.5) is 0 Å². The standard InChI is InChI=1S/C18H20ClN/c19-17-8-6-15(7-9-17)18-10-11-20-13-16(18)12-14-4-2-1-3-5-14/h1-9,16,18,20H,10-13H2. The Labute approximate surface area is 126 Å². The van der Waals surface area contributed by atoms with E-state index in [4.69, 9.17) is 11.6 Å². The molecule has 1 aliphatic heterocycles. The monoisotopic (exact) mass is 285 g/mol. The lowest BCUT2D eigenvalue weighted by molar-refractivity contribution is 0.324. The van der Waals surface area contributed by atoms with Gasteiger partial charge in [-0.1, -0.05) is 54.1 Å². The van der Waals surface area contributed by atoms with Crippen LogP contribution in [0.25, 0.3) is 0 Å².